The fraction of sp³-hybridized carbons (Fsp3) is 0.464. The number of imide groups is 1. The summed E-state index contributed by atoms with van der Waals surface area (Å²) in [6.07, 6.45) is 4.04. The first-order valence-electron chi connectivity index (χ1n) is 26.8. The Morgan fingerprint density at radius 2 is 1.29 bits per heavy atom. The number of ether oxygens (including phenoxy) is 2. The molecular weight excluding hydrogens is 1160 g/mol. The van der Waals surface area contributed by atoms with Crippen molar-refractivity contribution in [1.82, 2.24) is 20.0 Å². The van der Waals surface area contributed by atoms with Crippen LogP contribution in [0.1, 0.15) is 74.8 Å². The third kappa shape index (κ3) is 10.9. The molecule has 7 unspecified atom stereocenters. The largest absolute Gasteiger partial charge is 0.524 e. The van der Waals surface area contributed by atoms with Crippen molar-refractivity contribution in [1.29, 1.82) is 0 Å². The SMILES string of the molecule is CC(COC(=O)N(C)CCN(C)C(=O)Oc1cc2c(c3ccccc13)C(CCl)CN2C(=O)C12CC3(C(=O)N4CC(CCl)c5c4cc(OP(=O)(O)O)c4ccccc54)CC13C2)SSCC(NC(=O)CCCCCN1C(=O)C=CC1=O)C(=O)O. The lowest BCUT2D eigenvalue weighted by atomic mass is 9.72. The fourth-order valence-electron chi connectivity index (χ4n) is 12.7. The molecule has 0 aromatic heterocycles. The zero-order valence-corrected chi connectivity index (χ0v) is 49.1. The van der Waals surface area contributed by atoms with Crippen molar-refractivity contribution in [2.75, 3.05) is 80.7 Å². The summed E-state index contributed by atoms with van der Waals surface area (Å²) in [7, 11) is 0.584. The number of carbonyl (C=O) groups excluding carboxylic acids is 7. The summed E-state index contributed by atoms with van der Waals surface area (Å²) in [5, 5.41) is 14.6. The highest BCUT2D eigenvalue weighted by Gasteiger charge is 3.01. The normalized spacial score (nSPS) is 23.3. The van der Waals surface area contributed by atoms with Gasteiger partial charge in [0, 0.05) is 128 Å². The quantitative estimate of drug-likeness (QED) is 0.0170. The van der Waals surface area contributed by atoms with Crippen molar-refractivity contribution in [2.45, 2.75) is 75.0 Å². The summed E-state index contributed by atoms with van der Waals surface area (Å²) in [6.45, 7) is 2.73. The van der Waals surface area contributed by atoms with Gasteiger partial charge in [0.1, 0.15) is 24.1 Å². The molecule has 3 fully saturated rings. The molecule has 0 radical (unpaired) electrons. The maximum Gasteiger partial charge on any atom is 0.524 e. The van der Waals surface area contributed by atoms with E-state index in [2.05, 4.69) is 5.32 Å². The molecule has 0 bridgehead atoms. The molecule has 6 aliphatic rings. The van der Waals surface area contributed by atoms with Crippen LogP contribution in [-0.4, -0.2) is 160 Å². The maximum absolute atomic E-state index is 15.1. The summed E-state index contributed by atoms with van der Waals surface area (Å²) >= 11 is 13.2. The average molecular weight is 1220 g/mol. The zero-order chi connectivity index (χ0) is 58.6. The molecule has 82 heavy (non-hydrogen) atoms. The lowest BCUT2D eigenvalue weighted by Gasteiger charge is -2.37. The third-order valence-corrected chi connectivity index (χ3v) is 20.9. The fourth-order valence-corrected chi connectivity index (χ4v) is 15.9. The van der Waals surface area contributed by atoms with Gasteiger partial charge in [-0.15, -0.1) is 23.2 Å². The van der Waals surface area contributed by atoms with Gasteiger partial charge in [0.05, 0.1) is 22.2 Å². The number of halogens is 2. The van der Waals surface area contributed by atoms with Crippen molar-refractivity contribution < 1.29 is 71.8 Å². The molecule has 1 spiro atoms. The van der Waals surface area contributed by atoms with Gasteiger partial charge in [0.15, 0.2) is 0 Å². The Balaban J connectivity index is 0.718. The van der Waals surface area contributed by atoms with Gasteiger partial charge >= 0.3 is 26.0 Å². The topological polar surface area (TPSA) is 270 Å². The lowest BCUT2D eigenvalue weighted by molar-refractivity contribution is -0.141. The van der Waals surface area contributed by atoms with E-state index in [1.54, 1.807) is 41.0 Å². The van der Waals surface area contributed by atoms with Gasteiger partial charge in [0.25, 0.3) is 11.8 Å². The molecule has 4 aromatic rings. The van der Waals surface area contributed by atoms with Crippen LogP contribution in [-0.2, 0) is 38.1 Å². The van der Waals surface area contributed by atoms with Crippen LogP contribution >= 0.6 is 52.6 Å². The summed E-state index contributed by atoms with van der Waals surface area (Å²) in [5.74, 6) is -2.52. The second kappa shape index (κ2) is 23.2. The number of hydrogen-bond donors (Lipinski definition) is 4. The summed E-state index contributed by atoms with van der Waals surface area (Å²) in [4.78, 5) is 131. The molecule has 3 heterocycles. The average Bonchev–Trinajstić information content (AvgIpc) is 1.47. The number of phosphoric acid groups is 1. The first kappa shape index (κ1) is 59.1. The number of nitrogens with one attached hydrogen (secondary N) is 1. The minimum Gasteiger partial charge on any atom is -0.480 e. The van der Waals surface area contributed by atoms with Gasteiger partial charge in [-0.3, -0.25) is 38.7 Å². The Morgan fingerprint density at radius 3 is 1.82 bits per heavy atom. The molecule has 10 rings (SSSR count). The van der Waals surface area contributed by atoms with Crippen LogP contribution in [0.2, 0.25) is 0 Å². The van der Waals surface area contributed by atoms with E-state index >= 15 is 4.79 Å². The van der Waals surface area contributed by atoms with E-state index in [0.29, 0.717) is 66.1 Å². The van der Waals surface area contributed by atoms with E-state index in [-0.39, 0.29) is 115 Å². The maximum atomic E-state index is 15.1. The molecular formula is C56H61Cl2N6O15PS2. The minimum atomic E-state index is -4.97. The zero-order valence-electron chi connectivity index (χ0n) is 45.0. The molecule has 436 valence electrons. The van der Waals surface area contributed by atoms with Gasteiger partial charge in [-0.1, -0.05) is 76.5 Å². The summed E-state index contributed by atoms with van der Waals surface area (Å²) in [6, 6.07) is 16.5. The van der Waals surface area contributed by atoms with Gasteiger partial charge in [-0.05, 0) is 60.9 Å². The minimum absolute atomic E-state index is 0.00628. The number of nitrogens with zero attached hydrogens (tertiary/aromatic N) is 5. The summed E-state index contributed by atoms with van der Waals surface area (Å²) < 4.78 is 28.8. The molecule has 4 N–H and O–H groups in total. The standard InChI is InChI=1S/C56H61Cl2N6O15PS2/c1-32(82-81-28-39(49(68)69)59-44(65)15-5-4-10-18-62-45(66)16-17-46(62)67)27-77-52(72)60(2)19-20-61(3)53(73)78-42-21-40-47(37-13-8-6-11-35(37)42)33(23-57)25-63(40)50(70)54-29-55(31-56(54,55)30-54)51(71)64-26-34(24-58)48-38-14-9-7-12-36(38)43(22-41(48)64)79-80(74,75)76/h6-9,11-14,16-17,21-22,32-34,39H,4-5,10,15,18-20,23-31H2,1-3H3,(H,59,65)(H,68,69)(H2,74,75,76). The van der Waals surface area contributed by atoms with Crippen molar-refractivity contribution in [3.63, 3.8) is 0 Å². The molecule has 4 aromatic carbocycles. The van der Waals surface area contributed by atoms with Crippen LogP contribution in [0, 0.1) is 16.2 Å². The Morgan fingerprint density at radius 1 is 0.768 bits per heavy atom. The number of anilines is 2. The molecule has 0 saturated heterocycles. The Kier molecular flexibility index (Phi) is 16.7. The van der Waals surface area contributed by atoms with Gasteiger partial charge in [-0.25, -0.2) is 18.9 Å². The van der Waals surface area contributed by atoms with Crippen molar-refractivity contribution in [3.05, 3.63) is 83.9 Å². The second-order valence-corrected chi connectivity index (χ2v) is 26.6. The lowest BCUT2D eigenvalue weighted by Crippen LogP contribution is -2.49. The van der Waals surface area contributed by atoms with E-state index in [1.807, 2.05) is 30.3 Å². The summed E-state index contributed by atoms with van der Waals surface area (Å²) in [5.41, 5.74) is 0.543. The number of likely N-dealkylation sites (N-methyl/N-ethyl adjacent to an activating group) is 2. The highest BCUT2D eigenvalue weighted by atomic mass is 35.5. The number of aliphatic carboxylic acids is 1. The van der Waals surface area contributed by atoms with Crippen molar-refractivity contribution in [2.24, 2.45) is 16.2 Å². The number of carboxylic acids is 1. The number of unbranched alkanes of at least 4 members (excludes halogenated alkanes) is 2. The first-order chi connectivity index (χ1) is 39.1. The van der Waals surface area contributed by atoms with Crippen molar-refractivity contribution in [3.8, 4) is 11.5 Å². The molecule has 26 heteroatoms. The number of carboxylic acid groups (broad SMARTS) is 1. The number of hydrogen-bond acceptors (Lipinski definition) is 14. The molecule has 3 saturated carbocycles. The predicted octanol–water partition coefficient (Wildman–Crippen LogP) is 8.00. The number of phosphoric ester groups is 1. The Hall–Kier alpha value is -6.07. The Labute approximate surface area is 489 Å². The van der Waals surface area contributed by atoms with Crippen LogP contribution in [0.15, 0.2) is 72.8 Å². The van der Waals surface area contributed by atoms with Crippen LogP contribution in [0.4, 0.5) is 21.0 Å². The first-order valence-corrected chi connectivity index (χ1v) is 31.8. The van der Waals surface area contributed by atoms with Crippen molar-refractivity contribution >= 4 is 133 Å². The van der Waals surface area contributed by atoms with E-state index in [4.69, 9.17) is 37.2 Å². The van der Waals surface area contributed by atoms with E-state index in [9.17, 15) is 53.0 Å². The number of benzene rings is 4. The van der Waals surface area contributed by atoms with Crippen LogP contribution < -0.4 is 24.4 Å². The van der Waals surface area contributed by atoms with Crippen LogP contribution in [0.3, 0.4) is 0 Å². The number of fused-ring (bicyclic) bond motifs is 6. The van der Waals surface area contributed by atoms with Crippen LogP contribution in [0.5, 0.6) is 11.5 Å². The van der Waals surface area contributed by atoms with E-state index < -0.39 is 54.2 Å². The third-order valence-electron chi connectivity index (χ3n) is 16.9. The van der Waals surface area contributed by atoms with Crippen LogP contribution in [0.25, 0.3) is 21.5 Å². The molecule has 3 aliphatic carbocycles. The predicted molar refractivity (Wildman–Crippen MR) is 309 cm³/mol. The number of amides is 7. The molecule has 7 amide bonds. The molecule has 7 atom stereocenters. The number of alkyl halides is 2. The van der Waals surface area contributed by atoms with Gasteiger partial charge in [-0.2, -0.15) is 0 Å². The van der Waals surface area contributed by atoms with Gasteiger partial charge < -0.3 is 44.0 Å². The highest BCUT2D eigenvalue weighted by molar-refractivity contribution is 8.77. The molecule has 21 nitrogen and oxygen atoms in total. The molecule has 3 aliphatic heterocycles. The van der Waals surface area contributed by atoms with Gasteiger partial charge in [0.2, 0.25) is 17.7 Å². The monoisotopic (exact) mass is 1220 g/mol. The smallest absolute Gasteiger partial charge is 0.480 e. The number of rotatable bonds is 24. The van der Waals surface area contributed by atoms with E-state index in [1.165, 1.54) is 63.7 Å². The number of carbonyl (C=O) groups is 8. The Bertz CT molecular complexity index is 3390. The highest BCUT2D eigenvalue weighted by Crippen LogP contribution is 3.01. The second-order valence-electron chi connectivity index (χ2n) is 22.0. The van der Waals surface area contributed by atoms with E-state index in [0.717, 1.165) is 21.4 Å².